The zero-order valence-corrected chi connectivity index (χ0v) is 13.7. The van der Waals surface area contributed by atoms with Crippen LogP contribution in [0.15, 0.2) is 30.5 Å². The van der Waals surface area contributed by atoms with E-state index in [1.807, 2.05) is 25.1 Å². The smallest absolute Gasteiger partial charge is 0.357 e. The van der Waals surface area contributed by atoms with Crippen LogP contribution in [0, 0.1) is 0 Å². The number of pyridine rings is 1. The van der Waals surface area contributed by atoms with E-state index in [0.29, 0.717) is 12.3 Å². The van der Waals surface area contributed by atoms with E-state index in [2.05, 4.69) is 23.0 Å². The number of carbonyl (C=O) groups is 1. The molecule has 0 aliphatic carbocycles. The third kappa shape index (κ3) is 2.93. The Hall–Kier alpha value is -2.36. The van der Waals surface area contributed by atoms with Crippen molar-refractivity contribution < 1.29 is 9.53 Å². The number of benzene rings is 1. The molecule has 0 aliphatic rings. The summed E-state index contributed by atoms with van der Waals surface area (Å²) in [7, 11) is 0. The number of carbonyl (C=O) groups excluding carboxylic acids is 1. The molecule has 0 saturated heterocycles. The number of hydrogen-bond acceptors (Lipinski definition) is 3. The molecule has 4 heteroatoms. The fraction of sp³-hybridized carbons (Fsp3) is 0.368. The highest BCUT2D eigenvalue weighted by Crippen LogP contribution is 2.30. The first kappa shape index (κ1) is 15.5. The summed E-state index contributed by atoms with van der Waals surface area (Å²) in [5.74, 6) is -0.315. The molecule has 0 atom stereocenters. The Morgan fingerprint density at radius 3 is 2.78 bits per heavy atom. The third-order valence-corrected chi connectivity index (χ3v) is 4.06. The van der Waals surface area contributed by atoms with Crippen LogP contribution in [0.3, 0.4) is 0 Å². The summed E-state index contributed by atoms with van der Waals surface area (Å²) in [6.45, 7) is 4.57. The van der Waals surface area contributed by atoms with Crippen LogP contribution in [0.4, 0.5) is 0 Å². The van der Waals surface area contributed by atoms with Crippen LogP contribution in [-0.4, -0.2) is 22.5 Å². The SMILES string of the molecule is CCCCc1c(C(=O)OCCC)ncc2[nH]c3ccccc3c12. The molecule has 3 rings (SSSR count). The summed E-state index contributed by atoms with van der Waals surface area (Å²) in [5.41, 5.74) is 3.51. The Balaban J connectivity index is 2.19. The van der Waals surface area contributed by atoms with Gasteiger partial charge in [0, 0.05) is 16.3 Å². The van der Waals surface area contributed by atoms with E-state index in [4.69, 9.17) is 4.74 Å². The maximum Gasteiger partial charge on any atom is 0.357 e. The van der Waals surface area contributed by atoms with Crippen LogP contribution >= 0.6 is 0 Å². The first-order chi connectivity index (χ1) is 11.3. The first-order valence-corrected chi connectivity index (χ1v) is 8.31. The lowest BCUT2D eigenvalue weighted by Crippen LogP contribution is -2.12. The van der Waals surface area contributed by atoms with Gasteiger partial charge in [0.1, 0.15) is 0 Å². The van der Waals surface area contributed by atoms with Crippen LogP contribution in [-0.2, 0) is 11.2 Å². The molecule has 0 unspecified atom stereocenters. The number of H-pyrrole nitrogens is 1. The van der Waals surface area contributed by atoms with Gasteiger partial charge < -0.3 is 9.72 Å². The van der Waals surface area contributed by atoms with Gasteiger partial charge in [0.25, 0.3) is 0 Å². The maximum absolute atomic E-state index is 12.4. The summed E-state index contributed by atoms with van der Waals surface area (Å²) >= 11 is 0. The number of nitrogens with one attached hydrogen (secondary N) is 1. The fourth-order valence-corrected chi connectivity index (χ4v) is 2.95. The van der Waals surface area contributed by atoms with Crippen LogP contribution in [0.1, 0.15) is 49.2 Å². The van der Waals surface area contributed by atoms with E-state index in [0.717, 1.165) is 53.1 Å². The number of aromatic nitrogens is 2. The molecule has 0 amide bonds. The summed E-state index contributed by atoms with van der Waals surface area (Å²) in [6, 6.07) is 8.17. The van der Waals surface area contributed by atoms with Crippen molar-refractivity contribution in [2.45, 2.75) is 39.5 Å². The predicted molar refractivity (Wildman–Crippen MR) is 92.8 cm³/mol. The molecular formula is C19H22N2O2. The molecule has 2 heterocycles. The van der Waals surface area contributed by atoms with Crippen LogP contribution < -0.4 is 0 Å². The summed E-state index contributed by atoms with van der Waals surface area (Å²) < 4.78 is 5.32. The fourth-order valence-electron chi connectivity index (χ4n) is 2.95. The standard InChI is InChI=1S/C19H22N2O2/c1-3-5-8-14-17-13-9-6-7-10-15(13)21-16(17)12-20-18(14)19(22)23-11-4-2/h6-7,9-10,12,21H,3-5,8,11H2,1-2H3. The molecule has 2 aromatic heterocycles. The predicted octanol–water partition coefficient (Wildman–Crippen LogP) is 4.63. The second-order valence-corrected chi connectivity index (χ2v) is 5.78. The minimum atomic E-state index is -0.315. The number of fused-ring (bicyclic) bond motifs is 3. The van der Waals surface area contributed by atoms with Crippen molar-refractivity contribution in [3.05, 3.63) is 41.7 Å². The highest BCUT2D eigenvalue weighted by atomic mass is 16.5. The minimum Gasteiger partial charge on any atom is -0.461 e. The van der Waals surface area contributed by atoms with Gasteiger partial charge in [0.15, 0.2) is 5.69 Å². The quantitative estimate of drug-likeness (QED) is 0.676. The molecule has 1 N–H and O–H groups in total. The largest absolute Gasteiger partial charge is 0.461 e. The lowest BCUT2D eigenvalue weighted by atomic mass is 10.00. The Bertz CT molecular complexity index is 836. The van der Waals surface area contributed by atoms with Crippen LogP contribution in [0.5, 0.6) is 0 Å². The van der Waals surface area contributed by atoms with Gasteiger partial charge in [-0.15, -0.1) is 0 Å². The number of ether oxygens (including phenoxy) is 1. The van der Waals surface area contributed by atoms with Crippen LogP contribution in [0.25, 0.3) is 21.8 Å². The number of aromatic amines is 1. The van der Waals surface area contributed by atoms with Crippen molar-refractivity contribution in [1.82, 2.24) is 9.97 Å². The Morgan fingerprint density at radius 1 is 1.17 bits per heavy atom. The van der Waals surface area contributed by atoms with Crippen molar-refractivity contribution in [2.75, 3.05) is 6.61 Å². The second kappa shape index (κ2) is 6.82. The van der Waals surface area contributed by atoms with Gasteiger partial charge in [0.05, 0.1) is 18.3 Å². The zero-order chi connectivity index (χ0) is 16.2. The number of unbranched alkanes of at least 4 members (excludes halogenated alkanes) is 1. The Labute approximate surface area is 135 Å². The molecule has 0 radical (unpaired) electrons. The van der Waals surface area contributed by atoms with Crippen molar-refractivity contribution in [2.24, 2.45) is 0 Å². The molecule has 0 aliphatic heterocycles. The van der Waals surface area contributed by atoms with Gasteiger partial charge in [-0.05, 0) is 30.9 Å². The van der Waals surface area contributed by atoms with Gasteiger partial charge in [-0.1, -0.05) is 38.5 Å². The third-order valence-electron chi connectivity index (χ3n) is 4.06. The van der Waals surface area contributed by atoms with E-state index in [1.165, 1.54) is 0 Å². The lowest BCUT2D eigenvalue weighted by molar-refractivity contribution is 0.0497. The Morgan fingerprint density at radius 2 is 2.00 bits per heavy atom. The highest BCUT2D eigenvalue weighted by Gasteiger charge is 2.19. The van der Waals surface area contributed by atoms with E-state index in [1.54, 1.807) is 6.20 Å². The number of para-hydroxylation sites is 1. The van der Waals surface area contributed by atoms with Gasteiger partial charge in [-0.2, -0.15) is 0 Å². The topological polar surface area (TPSA) is 55.0 Å². The average molecular weight is 310 g/mol. The molecule has 0 bridgehead atoms. The highest BCUT2D eigenvalue weighted by molar-refractivity contribution is 6.11. The molecule has 3 aromatic rings. The first-order valence-electron chi connectivity index (χ1n) is 8.31. The second-order valence-electron chi connectivity index (χ2n) is 5.78. The molecule has 1 aromatic carbocycles. The zero-order valence-electron chi connectivity index (χ0n) is 13.7. The summed E-state index contributed by atoms with van der Waals surface area (Å²) in [5, 5.41) is 2.24. The van der Waals surface area contributed by atoms with Crippen molar-refractivity contribution >= 4 is 27.8 Å². The van der Waals surface area contributed by atoms with Gasteiger partial charge in [-0.25, -0.2) is 9.78 Å². The minimum absolute atomic E-state index is 0.315. The normalized spacial score (nSPS) is 11.2. The van der Waals surface area contributed by atoms with Gasteiger partial charge in [0.2, 0.25) is 0 Å². The summed E-state index contributed by atoms with van der Waals surface area (Å²) in [4.78, 5) is 20.2. The number of rotatable bonds is 6. The maximum atomic E-state index is 12.4. The van der Waals surface area contributed by atoms with Gasteiger partial charge >= 0.3 is 5.97 Å². The number of esters is 1. The number of nitrogens with zero attached hydrogens (tertiary/aromatic N) is 1. The van der Waals surface area contributed by atoms with E-state index in [9.17, 15) is 4.79 Å². The van der Waals surface area contributed by atoms with Crippen LogP contribution in [0.2, 0.25) is 0 Å². The molecule has 120 valence electrons. The number of hydrogen-bond donors (Lipinski definition) is 1. The van der Waals surface area contributed by atoms with Crippen molar-refractivity contribution in [3.8, 4) is 0 Å². The molecule has 4 nitrogen and oxygen atoms in total. The Kier molecular flexibility index (Phi) is 4.60. The monoisotopic (exact) mass is 310 g/mol. The number of aryl methyl sites for hydroxylation is 1. The van der Waals surface area contributed by atoms with Crippen molar-refractivity contribution in [3.63, 3.8) is 0 Å². The van der Waals surface area contributed by atoms with Gasteiger partial charge in [-0.3, -0.25) is 0 Å². The van der Waals surface area contributed by atoms with E-state index in [-0.39, 0.29) is 5.97 Å². The molecule has 23 heavy (non-hydrogen) atoms. The van der Waals surface area contributed by atoms with E-state index < -0.39 is 0 Å². The van der Waals surface area contributed by atoms with E-state index >= 15 is 0 Å². The molecule has 0 fully saturated rings. The van der Waals surface area contributed by atoms with Crippen molar-refractivity contribution in [1.29, 1.82) is 0 Å². The average Bonchev–Trinajstić information content (AvgIpc) is 2.96. The lowest BCUT2D eigenvalue weighted by Gasteiger charge is -2.10. The summed E-state index contributed by atoms with van der Waals surface area (Å²) in [6.07, 6.45) is 5.48. The molecular weight excluding hydrogens is 288 g/mol. The molecule has 0 saturated carbocycles. The molecule has 0 spiro atoms.